The number of thiophene rings is 1. The van der Waals surface area contributed by atoms with E-state index in [4.69, 9.17) is 0 Å². The van der Waals surface area contributed by atoms with Crippen molar-refractivity contribution < 1.29 is 0 Å². The van der Waals surface area contributed by atoms with Crippen LogP contribution in [0.1, 0.15) is 29.8 Å². The quantitative estimate of drug-likeness (QED) is 0.582. The lowest BCUT2D eigenvalue weighted by atomic mass is 10.0. The van der Waals surface area contributed by atoms with Crippen LogP contribution in [-0.2, 0) is 6.42 Å². The molecular weight excluding hydrogens is 433 g/mol. The zero-order chi connectivity index (χ0) is 13.7. The minimum absolute atomic E-state index is 0.403. The molecule has 0 aliphatic carbocycles. The summed E-state index contributed by atoms with van der Waals surface area (Å²) in [6.45, 7) is 3.27. The van der Waals surface area contributed by atoms with E-state index in [0.717, 1.165) is 19.4 Å². The smallest absolute Gasteiger partial charge is 0.0701 e. The van der Waals surface area contributed by atoms with Crippen LogP contribution in [0.15, 0.2) is 40.2 Å². The maximum atomic E-state index is 3.66. The molecule has 1 aromatic carbocycles. The highest BCUT2D eigenvalue weighted by Gasteiger charge is 2.13. The van der Waals surface area contributed by atoms with Gasteiger partial charge < -0.3 is 5.32 Å². The monoisotopic (exact) mass is 449 g/mol. The molecule has 0 radical (unpaired) electrons. The molecular formula is C15H17BrINS. The predicted octanol–water partition coefficient (Wildman–Crippen LogP) is 5.40. The van der Waals surface area contributed by atoms with Gasteiger partial charge in [0.15, 0.2) is 0 Å². The molecule has 19 heavy (non-hydrogen) atoms. The number of halogens is 2. The molecule has 0 spiro atoms. The van der Waals surface area contributed by atoms with Gasteiger partial charge in [0, 0.05) is 20.9 Å². The van der Waals surface area contributed by atoms with Crippen LogP contribution in [-0.4, -0.2) is 6.54 Å². The molecule has 0 bridgehead atoms. The third-order valence-electron chi connectivity index (χ3n) is 2.93. The van der Waals surface area contributed by atoms with Crippen LogP contribution >= 0.6 is 49.9 Å². The molecule has 0 saturated carbocycles. The summed E-state index contributed by atoms with van der Waals surface area (Å²) in [6, 6.07) is 13.5. The average molecular weight is 450 g/mol. The van der Waals surface area contributed by atoms with Gasteiger partial charge in [0.25, 0.3) is 0 Å². The standard InChI is InChI=1S/C15H17BrINS/c1-2-8-18-14(10-13-6-7-15(16)19-13)11-4-3-5-12(17)9-11/h3-7,9,14,18H,2,8,10H2,1H3. The first-order chi connectivity index (χ1) is 9.19. The first kappa shape index (κ1) is 15.5. The van der Waals surface area contributed by atoms with Crippen molar-refractivity contribution in [2.24, 2.45) is 0 Å². The maximum Gasteiger partial charge on any atom is 0.0701 e. The van der Waals surface area contributed by atoms with Gasteiger partial charge in [-0.3, -0.25) is 0 Å². The highest BCUT2D eigenvalue weighted by atomic mass is 127. The molecule has 0 aliphatic rings. The first-order valence-electron chi connectivity index (χ1n) is 6.42. The molecule has 2 aromatic rings. The fraction of sp³-hybridized carbons (Fsp3) is 0.333. The SMILES string of the molecule is CCCNC(Cc1ccc(Br)s1)c1cccc(I)c1. The Bertz CT molecular complexity index is 526. The zero-order valence-corrected chi connectivity index (χ0v) is 15.4. The van der Waals surface area contributed by atoms with Crippen LogP contribution in [0, 0.1) is 3.57 Å². The summed E-state index contributed by atoms with van der Waals surface area (Å²) < 4.78 is 2.50. The molecule has 0 fully saturated rings. The van der Waals surface area contributed by atoms with Crippen LogP contribution in [0.4, 0.5) is 0 Å². The van der Waals surface area contributed by atoms with Gasteiger partial charge in [-0.2, -0.15) is 0 Å². The second-order valence-electron chi connectivity index (χ2n) is 4.47. The van der Waals surface area contributed by atoms with Crippen molar-refractivity contribution in [3.05, 3.63) is 54.2 Å². The minimum atomic E-state index is 0.403. The topological polar surface area (TPSA) is 12.0 Å². The Kier molecular flexibility index (Phi) is 6.32. The van der Waals surface area contributed by atoms with Crippen molar-refractivity contribution in [3.63, 3.8) is 0 Å². The van der Waals surface area contributed by atoms with Crippen molar-refractivity contribution in [2.75, 3.05) is 6.54 Å². The van der Waals surface area contributed by atoms with Crippen LogP contribution in [0.3, 0.4) is 0 Å². The molecule has 1 atom stereocenters. The molecule has 102 valence electrons. The van der Waals surface area contributed by atoms with E-state index in [1.807, 2.05) is 11.3 Å². The van der Waals surface area contributed by atoms with Crippen molar-refractivity contribution in [3.8, 4) is 0 Å². The first-order valence-corrected chi connectivity index (χ1v) is 9.11. The third-order valence-corrected chi connectivity index (χ3v) is 5.24. The Balaban J connectivity index is 2.15. The molecule has 1 aromatic heterocycles. The van der Waals surface area contributed by atoms with Gasteiger partial charge >= 0.3 is 0 Å². The number of hydrogen-bond acceptors (Lipinski definition) is 2. The molecule has 4 heteroatoms. The Hall–Kier alpha value is 0.0900. The van der Waals surface area contributed by atoms with Crippen molar-refractivity contribution >= 4 is 49.9 Å². The highest BCUT2D eigenvalue weighted by molar-refractivity contribution is 14.1. The number of benzene rings is 1. The van der Waals surface area contributed by atoms with E-state index in [1.165, 1.54) is 17.8 Å². The van der Waals surface area contributed by atoms with Gasteiger partial charge in [-0.25, -0.2) is 0 Å². The Morgan fingerprint density at radius 3 is 2.79 bits per heavy atom. The van der Waals surface area contributed by atoms with E-state index >= 15 is 0 Å². The van der Waals surface area contributed by atoms with E-state index in [-0.39, 0.29) is 0 Å². The number of hydrogen-bond donors (Lipinski definition) is 1. The van der Waals surface area contributed by atoms with Gasteiger partial charge in [-0.1, -0.05) is 19.1 Å². The second kappa shape index (κ2) is 7.76. The number of rotatable bonds is 6. The summed E-state index contributed by atoms with van der Waals surface area (Å²) in [4.78, 5) is 1.42. The molecule has 0 aliphatic heterocycles. The molecule has 1 unspecified atom stereocenters. The van der Waals surface area contributed by atoms with Gasteiger partial charge in [0.2, 0.25) is 0 Å². The predicted molar refractivity (Wildman–Crippen MR) is 95.9 cm³/mol. The van der Waals surface area contributed by atoms with Crippen LogP contribution in [0.2, 0.25) is 0 Å². The molecule has 0 amide bonds. The fourth-order valence-corrected chi connectivity index (χ4v) is 4.11. The maximum absolute atomic E-state index is 3.66. The Morgan fingerprint density at radius 2 is 2.16 bits per heavy atom. The van der Waals surface area contributed by atoms with Crippen molar-refractivity contribution in [2.45, 2.75) is 25.8 Å². The van der Waals surface area contributed by atoms with Crippen molar-refractivity contribution in [1.82, 2.24) is 5.32 Å². The number of nitrogens with one attached hydrogen (secondary N) is 1. The summed E-state index contributed by atoms with van der Waals surface area (Å²) in [6.07, 6.45) is 2.21. The van der Waals surface area contributed by atoms with Crippen LogP contribution < -0.4 is 5.32 Å². The lowest BCUT2D eigenvalue weighted by Gasteiger charge is -2.18. The van der Waals surface area contributed by atoms with E-state index in [0.29, 0.717) is 6.04 Å². The Morgan fingerprint density at radius 1 is 1.32 bits per heavy atom. The highest BCUT2D eigenvalue weighted by Crippen LogP contribution is 2.27. The van der Waals surface area contributed by atoms with Gasteiger partial charge in [-0.15, -0.1) is 11.3 Å². The molecule has 0 saturated heterocycles. The van der Waals surface area contributed by atoms with E-state index < -0.39 is 0 Å². The van der Waals surface area contributed by atoms with Crippen LogP contribution in [0.5, 0.6) is 0 Å². The molecule has 1 nitrogen and oxygen atoms in total. The summed E-state index contributed by atoms with van der Waals surface area (Å²) in [7, 11) is 0. The molecule has 2 rings (SSSR count). The second-order valence-corrected chi connectivity index (χ2v) is 8.26. The average Bonchev–Trinajstić information content (AvgIpc) is 2.80. The lowest BCUT2D eigenvalue weighted by Crippen LogP contribution is -2.23. The van der Waals surface area contributed by atoms with E-state index in [1.54, 1.807) is 0 Å². The zero-order valence-electron chi connectivity index (χ0n) is 10.8. The van der Waals surface area contributed by atoms with Gasteiger partial charge in [0.05, 0.1) is 3.79 Å². The third kappa shape index (κ3) is 4.85. The lowest BCUT2D eigenvalue weighted by molar-refractivity contribution is 0.532. The summed E-state index contributed by atoms with van der Waals surface area (Å²) in [5, 5.41) is 3.66. The van der Waals surface area contributed by atoms with Crippen LogP contribution in [0.25, 0.3) is 0 Å². The van der Waals surface area contributed by atoms with Crippen molar-refractivity contribution in [1.29, 1.82) is 0 Å². The van der Waals surface area contributed by atoms with E-state index in [2.05, 4.69) is 87.2 Å². The summed E-state index contributed by atoms with van der Waals surface area (Å²) >= 11 is 7.74. The largest absolute Gasteiger partial charge is 0.310 e. The van der Waals surface area contributed by atoms with Gasteiger partial charge in [-0.05, 0) is 81.3 Å². The van der Waals surface area contributed by atoms with E-state index in [9.17, 15) is 0 Å². The van der Waals surface area contributed by atoms with Gasteiger partial charge in [0.1, 0.15) is 0 Å². The summed E-state index contributed by atoms with van der Waals surface area (Å²) in [5.74, 6) is 0. The minimum Gasteiger partial charge on any atom is -0.310 e. The summed E-state index contributed by atoms with van der Waals surface area (Å²) in [5.41, 5.74) is 1.38. The fourth-order valence-electron chi connectivity index (χ4n) is 2.01. The molecule has 1 heterocycles. The Labute approximate surface area is 141 Å². The normalized spacial score (nSPS) is 12.6. The molecule has 1 N–H and O–H groups in total.